The van der Waals surface area contributed by atoms with Crippen molar-refractivity contribution in [1.29, 1.82) is 0 Å². The van der Waals surface area contributed by atoms with Crippen LogP contribution in [0.5, 0.6) is 0 Å². The number of ether oxygens (including phenoxy) is 1. The third kappa shape index (κ3) is 2.63. The number of nitrogens with zero attached hydrogens (tertiary/aromatic N) is 4. The summed E-state index contributed by atoms with van der Waals surface area (Å²) in [7, 11) is 1.65. The highest BCUT2D eigenvalue weighted by atomic mass is 16.5. The van der Waals surface area contributed by atoms with Crippen LogP contribution in [0.1, 0.15) is 11.7 Å². The first-order chi connectivity index (χ1) is 7.38. The lowest BCUT2D eigenvalue weighted by Gasteiger charge is -1.93. The van der Waals surface area contributed by atoms with Crippen molar-refractivity contribution in [3.63, 3.8) is 0 Å². The highest BCUT2D eigenvalue weighted by Crippen LogP contribution is 2.01. The van der Waals surface area contributed by atoms with Crippen molar-refractivity contribution in [2.45, 2.75) is 13.0 Å². The van der Waals surface area contributed by atoms with Gasteiger partial charge >= 0.3 is 0 Å². The first-order valence-corrected chi connectivity index (χ1v) is 4.64. The Labute approximate surface area is 86.9 Å². The van der Waals surface area contributed by atoms with E-state index in [0.717, 1.165) is 0 Å². The zero-order valence-electron chi connectivity index (χ0n) is 8.46. The van der Waals surface area contributed by atoms with Crippen molar-refractivity contribution in [3.8, 4) is 0 Å². The normalized spacial score (nSPS) is 10.7. The number of rotatable bonds is 5. The van der Waals surface area contributed by atoms with E-state index in [-0.39, 0.29) is 0 Å². The van der Waals surface area contributed by atoms with Gasteiger partial charge in [0.15, 0.2) is 5.82 Å². The lowest BCUT2D eigenvalue weighted by molar-refractivity contribution is 0.199. The average Bonchev–Trinajstić information content (AvgIpc) is 2.87. The minimum absolute atomic E-state index is 0.556. The van der Waals surface area contributed by atoms with Crippen LogP contribution in [0.25, 0.3) is 0 Å². The Balaban J connectivity index is 1.95. The van der Waals surface area contributed by atoms with E-state index in [1.165, 1.54) is 0 Å². The Morgan fingerprint density at radius 2 is 2.47 bits per heavy atom. The van der Waals surface area contributed by atoms with Gasteiger partial charge in [0.1, 0.15) is 6.54 Å². The molecule has 6 heteroatoms. The Morgan fingerprint density at radius 3 is 3.20 bits per heavy atom. The summed E-state index contributed by atoms with van der Waals surface area (Å²) in [4.78, 5) is 8.14. The van der Waals surface area contributed by atoms with Crippen molar-refractivity contribution >= 4 is 0 Å². The summed E-state index contributed by atoms with van der Waals surface area (Å²) in [5.74, 6) is 1.26. The van der Waals surface area contributed by atoms with E-state index in [1.807, 2.05) is 10.8 Å². The maximum atomic E-state index is 5.07. The first-order valence-electron chi connectivity index (χ1n) is 4.64. The van der Waals surface area contributed by atoms with E-state index in [1.54, 1.807) is 19.6 Å². The molecule has 0 aliphatic carbocycles. The maximum Gasteiger partial charge on any atom is 0.246 e. The molecule has 0 amide bonds. The molecule has 0 radical (unpaired) electrons. The van der Waals surface area contributed by atoms with Crippen LogP contribution in [-0.4, -0.2) is 33.4 Å². The van der Waals surface area contributed by atoms with Gasteiger partial charge in [0.05, 0.1) is 12.9 Å². The van der Waals surface area contributed by atoms with E-state index in [0.29, 0.717) is 31.3 Å². The van der Waals surface area contributed by atoms with Crippen LogP contribution in [0.15, 0.2) is 23.2 Å². The summed E-state index contributed by atoms with van der Waals surface area (Å²) < 4.78 is 11.9. The van der Waals surface area contributed by atoms with Crippen LogP contribution < -0.4 is 0 Å². The molecule has 0 fully saturated rings. The second-order valence-corrected chi connectivity index (χ2v) is 3.08. The van der Waals surface area contributed by atoms with Gasteiger partial charge < -0.3 is 13.8 Å². The van der Waals surface area contributed by atoms with E-state index in [2.05, 4.69) is 15.1 Å². The largest absolute Gasteiger partial charge is 0.384 e. The van der Waals surface area contributed by atoms with Crippen molar-refractivity contribution in [1.82, 2.24) is 19.7 Å². The Bertz CT molecular complexity index is 396. The molecule has 0 aromatic carbocycles. The molecule has 0 atom stereocenters. The molecule has 0 unspecified atom stereocenters. The standard InChI is InChI=1S/C9H12N4O2/c1-14-5-2-8-11-9(15-12-8)6-13-4-3-10-7-13/h3-4,7H,2,5-6H2,1H3. The quantitative estimate of drug-likeness (QED) is 0.716. The molecule has 2 aromatic rings. The lowest BCUT2D eigenvalue weighted by Crippen LogP contribution is -1.99. The highest BCUT2D eigenvalue weighted by molar-refractivity contribution is 4.88. The number of hydrogen-bond acceptors (Lipinski definition) is 5. The topological polar surface area (TPSA) is 66.0 Å². The van der Waals surface area contributed by atoms with Gasteiger partial charge in [-0.3, -0.25) is 0 Å². The Kier molecular flexibility index (Phi) is 3.08. The summed E-state index contributed by atoms with van der Waals surface area (Å²) >= 11 is 0. The van der Waals surface area contributed by atoms with Gasteiger partial charge in [-0.2, -0.15) is 4.98 Å². The van der Waals surface area contributed by atoms with Gasteiger partial charge in [-0.15, -0.1) is 0 Å². The molecule has 6 nitrogen and oxygen atoms in total. The van der Waals surface area contributed by atoms with Gasteiger partial charge in [-0.05, 0) is 0 Å². The molecule has 0 N–H and O–H groups in total. The lowest BCUT2D eigenvalue weighted by atomic mass is 10.4. The Hall–Kier alpha value is -1.69. The van der Waals surface area contributed by atoms with Gasteiger partial charge in [-0.1, -0.05) is 5.16 Å². The molecule has 0 spiro atoms. The van der Waals surface area contributed by atoms with Crippen molar-refractivity contribution in [3.05, 3.63) is 30.4 Å². The zero-order chi connectivity index (χ0) is 10.5. The molecule has 2 heterocycles. The number of aromatic nitrogens is 4. The van der Waals surface area contributed by atoms with Crippen LogP contribution in [-0.2, 0) is 17.7 Å². The first kappa shape index (κ1) is 9.85. The fourth-order valence-corrected chi connectivity index (χ4v) is 1.19. The predicted molar refractivity (Wildman–Crippen MR) is 51.2 cm³/mol. The molecule has 0 aliphatic rings. The molecule has 0 aliphatic heterocycles. The predicted octanol–water partition coefficient (Wildman–Crippen LogP) is 0.503. The summed E-state index contributed by atoms with van der Waals surface area (Å²) in [6, 6.07) is 0. The van der Waals surface area contributed by atoms with Crippen LogP contribution in [0, 0.1) is 0 Å². The smallest absolute Gasteiger partial charge is 0.246 e. The minimum Gasteiger partial charge on any atom is -0.384 e. The van der Waals surface area contributed by atoms with E-state index >= 15 is 0 Å². The molecular formula is C9H12N4O2. The van der Waals surface area contributed by atoms with Crippen LogP contribution >= 0.6 is 0 Å². The average molecular weight is 208 g/mol. The van der Waals surface area contributed by atoms with E-state index < -0.39 is 0 Å². The molecule has 15 heavy (non-hydrogen) atoms. The monoisotopic (exact) mass is 208 g/mol. The summed E-state index contributed by atoms with van der Waals surface area (Å²) in [6.45, 7) is 1.16. The SMILES string of the molecule is COCCc1noc(Cn2ccnc2)n1. The van der Waals surface area contributed by atoms with Gasteiger partial charge in [0.2, 0.25) is 5.89 Å². The fraction of sp³-hybridized carbons (Fsp3) is 0.444. The molecule has 80 valence electrons. The summed E-state index contributed by atoms with van der Waals surface area (Å²) in [6.07, 6.45) is 5.93. The third-order valence-corrected chi connectivity index (χ3v) is 1.92. The van der Waals surface area contributed by atoms with Gasteiger partial charge in [0, 0.05) is 25.9 Å². The highest BCUT2D eigenvalue weighted by Gasteiger charge is 2.05. The molecule has 0 saturated carbocycles. The number of hydrogen-bond donors (Lipinski definition) is 0. The molecule has 2 aromatic heterocycles. The summed E-state index contributed by atoms with van der Waals surface area (Å²) in [5, 5.41) is 3.83. The van der Waals surface area contributed by atoms with Gasteiger partial charge in [-0.25, -0.2) is 4.98 Å². The molecule has 0 bridgehead atoms. The minimum atomic E-state index is 0.556. The fourth-order valence-electron chi connectivity index (χ4n) is 1.19. The van der Waals surface area contributed by atoms with Crippen LogP contribution in [0.4, 0.5) is 0 Å². The van der Waals surface area contributed by atoms with E-state index in [4.69, 9.17) is 9.26 Å². The van der Waals surface area contributed by atoms with Crippen LogP contribution in [0.3, 0.4) is 0 Å². The Morgan fingerprint density at radius 1 is 1.53 bits per heavy atom. The zero-order valence-corrected chi connectivity index (χ0v) is 8.46. The second-order valence-electron chi connectivity index (χ2n) is 3.08. The second kappa shape index (κ2) is 4.70. The van der Waals surface area contributed by atoms with Crippen molar-refractivity contribution < 1.29 is 9.26 Å². The number of imidazole rings is 1. The molecule has 0 saturated heterocycles. The van der Waals surface area contributed by atoms with Crippen LogP contribution in [0.2, 0.25) is 0 Å². The van der Waals surface area contributed by atoms with Crippen molar-refractivity contribution in [2.75, 3.05) is 13.7 Å². The maximum absolute atomic E-state index is 5.07. The number of methoxy groups -OCH3 is 1. The van der Waals surface area contributed by atoms with Crippen molar-refractivity contribution in [2.24, 2.45) is 0 Å². The van der Waals surface area contributed by atoms with E-state index in [9.17, 15) is 0 Å². The van der Waals surface area contributed by atoms with Gasteiger partial charge in [0.25, 0.3) is 0 Å². The summed E-state index contributed by atoms with van der Waals surface area (Å²) in [5.41, 5.74) is 0. The molecular weight excluding hydrogens is 196 g/mol. The third-order valence-electron chi connectivity index (χ3n) is 1.92. The molecule has 2 rings (SSSR count).